The van der Waals surface area contributed by atoms with Gasteiger partial charge in [-0.05, 0) is 25.3 Å². The van der Waals surface area contributed by atoms with Crippen molar-refractivity contribution in [1.29, 1.82) is 0 Å². The number of rotatable bonds is 7. The maximum atomic E-state index is 12.6. The van der Waals surface area contributed by atoms with Gasteiger partial charge < -0.3 is 4.90 Å². The molecule has 0 saturated heterocycles. The van der Waals surface area contributed by atoms with E-state index in [1.165, 1.54) is 6.92 Å². The second kappa shape index (κ2) is 7.59. The number of hydrogen-bond donors (Lipinski definition) is 0. The monoisotopic (exact) mass is 311 g/mol. The van der Waals surface area contributed by atoms with Crippen molar-refractivity contribution in [3.63, 3.8) is 0 Å². The molecule has 0 aromatic heterocycles. The Hall–Kier alpha value is -1.36. The van der Waals surface area contributed by atoms with E-state index in [4.69, 9.17) is 0 Å². The van der Waals surface area contributed by atoms with Crippen LogP contribution in [0.1, 0.15) is 45.2 Å². The third-order valence-corrected chi connectivity index (χ3v) is 5.17. The van der Waals surface area contributed by atoms with Crippen LogP contribution in [-0.4, -0.2) is 37.3 Å². The molecule has 0 aliphatic heterocycles. The normalized spacial score (nSPS) is 14.5. The van der Waals surface area contributed by atoms with Gasteiger partial charge in [-0.1, -0.05) is 44.2 Å². The average Bonchev–Trinajstić information content (AvgIpc) is 2.46. The molecule has 0 aliphatic rings. The second-order valence-corrected chi connectivity index (χ2v) is 7.70. The van der Waals surface area contributed by atoms with Gasteiger partial charge in [0.05, 0.1) is 6.04 Å². The third-order valence-electron chi connectivity index (χ3n) is 3.68. The van der Waals surface area contributed by atoms with Crippen molar-refractivity contribution < 1.29 is 13.2 Å². The number of amides is 1. The molecule has 5 heteroatoms. The first-order valence-corrected chi connectivity index (χ1v) is 9.32. The molecule has 0 N–H and O–H groups in total. The first-order chi connectivity index (χ1) is 9.82. The Kier molecular flexibility index (Phi) is 6.40. The van der Waals surface area contributed by atoms with Crippen LogP contribution in [-0.2, 0) is 14.6 Å². The maximum Gasteiger partial charge on any atom is 0.241 e. The van der Waals surface area contributed by atoms with Crippen molar-refractivity contribution in [3.05, 3.63) is 35.9 Å². The first-order valence-electron chi connectivity index (χ1n) is 7.37. The summed E-state index contributed by atoms with van der Waals surface area (Å²) in [7, 11) is -3.38. The summed E-state index contributed by atoms with van der Waals surface area (Å²) >= 11 is 0. The summed E-state index contributed by atoms with van der Waals surface area (Å²) in [6.45, 7) is 6.03. The minimum atomic E-state index is -3.38. The minimum Gasteiger partial charge on any atom is -0.335 e. The van der Waals surface area contributed by atoms with Gasteiger partial charge in [-0.15, -0.1) is 0 Å². The number of sulfone groups is 1. The Morgan fingerprint density at radius 1 is 1.19 bits per heavy atom. The Labute approximate surface area is 128 Å². The van der Waals surface area contributed by atoms with E-state index in [-0.39, 0.29) is 11.9 Å². The summed E-state index contributed by atoms with van der Waals surface area (Å²) in [6, 6.07) is 9.69. The van der Waals surface area contributed by atoms with E-state index in [0.717, 1.165) is 24.7 Å². The SMILES string of the molecule is CCCN(C(=O)[C@@H](C)S(C)(=O)=O)[C@H](CC)c1ccccc1. The number of nitrogens with zero attached hydrogens (tertiary/aromatic N) is 1. The van der Waals surface area contributed by atoms with Gasteiger partial charge in [0.15, 0.2) is 9.84 Å². The van der Waals surface area contributed by atoms with Gasteiger partial charge in [-0.2, -0.15) is 0 Å². The molecular weight excluding hydrogens is 286 g/mol. The van der Waals surface area contributed by atoms with Crippen LogP contribution in [0.3, 0.4) is 0 Å². The number of benzene rings is 1. The van der Waals surface area contributed by atoms with E-state index >= 15 is 0 Å². The zero-order chi connectivity index (χ0) is 16.0. The van der Waals surface area contributed by atoms with Crippen LogP contribution >= 0.6 is 0 Å². The Morgan fingerprint density at radius 2 is 1.76 bits per heavy atom. The van der Waals surface area contributed by atoms with Crippen molar-refractivity contribution in [1.82, 2.24) is 4.90 Å². The van der Waals surface area contributed by atoms with Crippen molar-refractivity contribution in [3.8, 4) is 0 Å². The molecule has 1 rings (SSSR count). The van der Waals surface area contributed by atoms with Crippen LogP contribution in [0.15, 0.2) is 30.3 Å². The van der Waals surface area contributed by atoms with Crippen LogP contribution in [0.4, 0.5) is 0 Å². The highest BCUT2D eigenvalue weighted by Crippen LogP contribution is 2.25. The molecule has 118 valence electrons. The van der Waals surface area contributed by atoms with Crippen LogP contribution in [0.5, 0.6) is 0 Å². The van der Waals surface area contributed by atoms with Gasteiger partial charge in [-0.3, -0.25) is 4.79 Å². The van der Waals surface area contributed by atoms with Crippen molar-refractivity contribution >= 4 is 15.7 Å². The van der Waals surface area contributed by atoms with Gasteiger partial charge in [0.1, 0.15) is 5.25 Å². The predicted molar refractivity (Wildman–Crippen MR) is 85.8 cm³/mol. The lowest BCUT2D eigenvalue weighted by atomic mass is 10.0. The molecule has 0 radical (unpaired) electrons. The molecule has 0 unspecified atom stereocenters. The molecule has 0 heterocycles. The van der Waals surface area contributed by atoms with Crippen LogP contribution < -0.4 is 0 Å². The van der Waals surface area contributed by atoms with E-state index in [1.807, 2.05) is 44.2 Å². The zero-order valence-electron chi connectivity index (χ0n) is 13.2. The molecule has 0 fully saturated rings. The molecule has 4 nitrogen and oxygen atoms in total. The lowest BCUT2D eigenvalue weighted by molar-refractivity contribution is -0.133. The van der Waals surface area contributed by atoms with Crippen LogP contribution in [0, 0.1) is 0 Å². The molecular formula is C16H25NO3S. The van der Waals surface area contributed by atoms with Crippen LogP contribution in [0.25, 0.3) is 0 Å². The van der Waals surface area contributed by atoms with E-state index in [1.54, 1.807) is 4.90 Å². The standard InChI is InChI=1S/C16H25NO3S/c1-5-12-17(16(18)13(3)21(4,19)20)15(6-2)14-10-8-7-9-11-14/h7-11,13,15H,5-6,12H2,1-4H3/t13-,15-/m1/s1. The van der Waals surface area contributed by atoms with E-state index in [0.29, 0.717) is 6.54 Å². The van der Waals surface area contributed by atoms with Crippen molar-refractivity contribution in [2.45, 2.75) is 44.9 Å². The molecule has 0 saturated carbocycles. The van der Waals surface area contributed by atoms with Gasteiger partial charge in [0.2, 0.25) is 5.91 Å². The molecule has 1 aromatic rings. The number of carbonyl (C=O) groups excluding carboxylic acids is 1. The highest BCUT2D eigenvalue weighted by Gasteiger charge is 2.31. The fourth-order valence-corrected chi connectivity index (χ4v) is 2.89. The summed E-state index contributed by atoms with van der Waals surface area (Å²) in [4.78, 5) is 14.3. The van der Waals surface area contributed by atoms with E-state index in [9.17, 15) is 13.2 Å². The second-order valence-electron chi connectivity index (χ2n) is 5.34. The maximum absolute atomic E-state index is 12.6. The summed E-state index contributed by atoms with van der Waals surface area (Å²) in [5, 5.41) is -0.998. The highest BCUT2D eigenvalue weighted by molar-refractivity contribution is 7.92. The van der Waals surface area contributed by atoms with Crippen molar-refractivity contribution in [2.75, 3.05) is 12.8 Å². The molecule has 2 atom stereocenters. The number of hydrogen-bond acceptors (Lipinski definition) is 3. The molecule has 21 heavy (non-hydrogen) atoms. The quantitative estimate of drug-likeness (QED) is 0.778. The van der Waals surface area contributed by atoms with Gasteiger partial charge in [-0.25, -0.2) is 8.42 Å². The molecule has 0 aliphatic carbocycles. The Balaban J connectivity index is 3.12. The predicted octanol–water partition coefficient (Wildman–Crippen LogP) is 2.81. The smallest absolute Gasteiger partial charge is 0.241 e. The molecule has 1 amide bonds. The molecule has 1 aromatic carbocycles. The Morgan fingerprint density at radius 3 is 2.19 bits per heavy atom. The topological polar surface area (TPSA) is 54.5 Å². The van der Waals surface area contributed by atoms with E-state index in [2.05, 4.69) is 0 Å². The molecule has 0 spiro atoms. The van der Waals surface area contributed by atoms with Crippen LogP contribution in [0.2, 0.25) is 0 Å². The average molecular weight is 311 g/mol. The van der Waals surface area contributed by atoms with Gasteiger partial charge >= 0.3 is 0 Å². The van der Waals surface area contributed by atoms with E-state index < -0.39 is 15.1 Å². The summed E-state index contributed by atoms with van der Waals surface area (Å²) in [5.41, 5.74) is 1.04. The number of carbonyl (C=O) groups is 1. The third kappa shape index (κ3) is 4.56. The molecule has 0 bridgehead atoms. The summed E-state index contributed by atoms with van der Waals surface area (Å²) in [6.07, 6.45) is 2.67. The minimum absolute atomic E-state index is 0.0807. The largest absolute Gasteiger partial charge is 0.335 e. The summed E-state index contributed by atoms with van der Waals surface area (Å²) < 4.78 is 23.4. The zero-order valence-corrected chi connectivity index (χ0v) is 14.1. The van der Waals surface area contributed by atoms with Gasteiger partial charge in [0, 0.05) is 12.8 Å². The summed E-state index contributed by atoms with van der Waals surface area (Å²) in [5.74, 6) is -0.310. The fraction of sp³-hybridized carbons (Fsp3) is 0.562. The lowest BCUT2D eigenvalue weighted by Crippen LogP contribution is -2.43. The fourth-order valence-electron chi connectivity index (χ4n) is 2.39. The lowest BCUT2D eigenvalue weighted by Gasteiger charge is -2.33. The highest BCUT2D eigenvalue weighted by atomic mass is 32.2. The first kappa shape index (κ1) is 17.7. The van der Waals surface area contributed by atoms with Gasteiger partial charge in [0.25, 0.3) is 0 Å². The van der Waals surface area contributed by atoms with Crippen molar-refractivity contribution in [2.24, 2.45) is 0 Å². The Bertz CT molecular complexity index is 554.